The van der Waals surface area contributed by atoms with Gasteiger partial charge < -0.3 is 10.1 Å². The summed E-state index contributed by atoms with van der Waals surface area (Å²) in [5.41, 5.74) is 0.652. The Labute approximate surface area is 124 Å². The summed E-state index contributed by atoms with van der Waals surface area (Å²) in [6.45, 7) is 5.17. The van der Waals surface area contributed by atoms with Crippen LogP contribution in [0.25, 0.3) is 0 Å². The topological polar surface area (TPSA) is 76.5 Å². The van der Waals surface area contributed by atoms with Crippen molar-refractivity contribution in [3.63, 3.8) is 0 Å². The van der Waals surface area contributed by atoms with Crippen LogP contribution in [0.2, 0.25) is 0 Å². The highest BCUT2D eigenvalue weighted by atomic mass is 16.5. The lowest BCUT2D eigenvalue weighted by Gasteiger charge is -2.34. The van der Waals surface area contributed by atoms with Crippen LogP contribution in [0.15, 0.2) is 12.4 Å². The number of hydrogen-bond donors (Lipinski definition) is 1. The van der Waals surface area contributed by atoms with Crippen LogP contribution in [0.4, 0.5) is 5.69 Å². The molecule has 0 spiro atoms. The van der Waals surface area contributed by atoms with Gasteiger partial charge in [-0.3, -0.25) is 19.2 Å². The van der Waals surface area contributed by atoms with Crippen LogP contribution in [-0.4, -0.2) is 47.9 Å². The number of piperazine rings is 1. The van der Waals surface area contributed by atoms with Gasteiger partial charge in [0.15, 0.2) is 0 Å². The number of anilines is 1. The summed E-state index contributed by atoms with van der Waals surface area (Å²) in [6.07, 6.45) is 4.21. The average Bonchev–Trinajstić information content (AvgIpc) is 2.95. The van der Waals surface area contributed by atoms with E-state index in [1.807, 2.05) is 13.8 Å². The Hall–Kier alpha value is -1.89. The van der Waals surface area contributed by atoms with Crippen molar-refractivity contribution < 1.29 is 14.3 Å². The van der Waals surface area contributed by atoms with E-state index in [2.05, 4.69) is 10.4 Å². The Morgan fingerprint density at radius 3 is 2.95 bits per heavy atom. The van der Waals surface area contributed by atoms with Gasteiger partial charge in [0.2, 0.25) is 11.8 Å². The molecule has 7 nitrogen and oxygen atoms in total. The minimum Gasteiger partial charge on any atom is -0.383 e. The van der Waals surface area contributed by atoms with E-state index in [9.17, 15) is 9.59 Å². The maximum atomic E-state index is 12.5. The molecule has 116 valence electrons. The van der Waals surface area contributed by atoms with Crippen molar-refractivity contribution in [2.45, 2.75) is 32.9 Å². The number of hydrogen-bond acceptors (Lipinski definition) is 4. The molecule has 0 bridgehead atoms. The van der Waals surface area contributed by atoms with Gasteiger partial charge in [0.25, 0.3) is 0 Å². The van der Waals surface area contributed by atoms with E-state index in [0.717, 1.165) is 6.42 Å². The lowest BCUT2D eigenvalue weighted by atomic mass is 9.96. The second-order valence-corrected chi connectivity index (χ2v) is 5.31. The molecule has 21 heavy (non-hydrogen) atoms. The molecule has 2 heterocycles. The summed E-state index contributed by atoms with van der Waals surface area (Å²) in [5, 5.41) is 6.97. The highest BCUT2D eigenvalue weighted by molar-refractivity contribution is 6.06. The zero-order chi connectivity index (χ0) is 15.4. The van der Waals surface area contributed by atoms with Gasteiger partial charge in [-0.05, 0) is 5.92 Å². The van der Waals surface area contributed by atoms with E-state index in [-0.39, 0.29) is 24.3 Å². The molecule has 1 saturated heterocycles. The van der Waals surface area contributed by atoms with E-state index >= 15 is 0 Å². The fourth-order valence-corrected chi connectivity index (χ4v) is 2.31. The molecule has 2 atom stereocenters. The third kappa shape index (κ3) is 3.41. The number of carbonyl (C=O) groups excluding carboxylic acids is 2. The molecule has 0 aromatic carbocycles. The Morgan fingerprint density at radius 1 is 1.52 bits per heavy atom. The van der Waals surface area contributed by atoms with Crippen LogP contribution < -0.4 is 10.2 Å². The van der Waals surface area contributed by atoms with Crippen LogP contribution in [0.1, 0.15) is 20.3 Å². The second-order valence-electron chi connectivity index (χ2n) is 5.31. The largest absolute Gasteiger partial charge is 0.383 e. The Balaban J connectivity index is 2.15. The molecule has 0 saturated carbocycles. The number of rotatable bonds is 6. The van der Waals surface area contributed by atoms with E-state index in [1.54, 1.807) is 24.2 Å². The quantitative estimate of drug-likeness (QED) is 0.824. The van der Waals surface area contributed by atoms with Gasteiger partial charge in [0, 0.05) is 13.3 Å². The molecule has 0 aliphatic carbocycles. The molecule has 2 unspecified atom stereocenters. The number of amides is 2. The number of aromatic nitrogens is 2. The summed E-state index contributed by atoms with van der Waals surface area (Å²) in [6, 6.07) is -0.460. The van der Waals surface area contributed by atoms with Crippen molar-refractivity contribution >= 4 is 17.5 Å². The van der Waals surface area contributed by atoms with Crippen molar-refractivity contribution in [2.75, 3.05) is 25.2 Å². The molecule has 0 radical (unpaired) electrons. The Morgan fingerprint density at radius 2 is 2.29 bits per heavy atom. The molecule has 2 amide bonds. The normalized spacial score (nSPS) is 20.5. The van der Waals surface area contributed by atoms with Crippen molar-refractivity contribution in [3.8, 4) is 0 Å². The lowest BCUT2D eigenvalue weighted by Crippen LogP contribution is -2.60. The van der Waals surface area contributed by atoms with Gasteiger partial charge >= 0.3 is 0 Å². The highest BCUT2D eigenvalue weighted by Crippen LogP contribution is 2.20. The third-order valence-electron chi connectivity index (χ3n) is 3.82. The number of nitrogens with zero attached hydrogens (tertiary/aromatic N) is 3. The molecule has 1 fully saturated rings. The first-order chi connectivity index (χ1) is 10.1. The van der Waals surface area contributed by atoms with Gasteiger partial charge in [-0.2, -0.15) is 5.10 Å². The van der Waals surface area contributed by atoms with Gasteiger partial charge in [0.05, 0.1) is 25.0 Å². The first-order valence-electron chi connectivity index (χ1n) is 7.19. The van der Waals surface area contributed by atoms with E-state index in [0.29, 0.717) is 18.8 Å². The predicted octanol–water partition coefficient (Wildman–Crippen LogP) is 0.407. The Kier molecular flexibility index (Phi) is 4.95. The summed E-state index contributed by atoms with van der Waals surface area (Å²) in [7, 11) is 1.62. The zero-order valence-corrected chi connectivity index (χ0v) is 12.7. The molecular formula is C14H22N4O3. The SMILES string of the molecule is CCC(C)C1NC(=O)CN(c2cnn(CCOC)c2)C1=O. The molecule has 1 aliphatic heterocycles. The number of ether oxygens (including phenoxy) is 1. The monoisotopic (exact) mass is 294 g/mol. The van der Waals surface area contributed by atoms with E-state index in [4.69, 9.17) is 4.74 Å². The Bertz CT molecular complexity index is 514. The highest BCUT2D eigenvalue weighted by Gasteiger charge is 2.36. The van der Waals surface area contributed by atoms with E-state index < -0.39 is 6.04 Å². The first kappa shape index (κ1) is 15.5. The smallest absolute Gasteiger partial charge is 0.250 e. The van der Waals surface area contributed by atoms with Crippen LogP contribution in [0.5, 0.6) is 0 Å². The van der Waals surface area contributed by atoms with Crippen LogP contribution in [0.3, 0.4) is 0 Å². The molecule has 1 aliphatic rings. The minimum atomic E-state index is -0.460. The number of carbonyl (C=O) groups is 2. The fraction of sp³-hybridized carbons (Fsp3) is 0.643. The van der Waals surface area contributed by atoms with Crippen molar-refractivity contribution in [2.24, 2.45) is 5.92 Å². The van der Waals surface area contributed by atoms with Crippen molar-refractivity contribution in [1.82, 2.24) is 15.1 Å². The number of methoxy groups -OCH3 is 1. The fourth-order valence-electron chi connectivity index (χ4n) is 2.31. The predicted molar refractivity (Wildman–Crippen MR) is 77.8 cm³/mol. The molecule has 1 aromatic heterocycles. The van der Waals surface area contributed by atoms with Gasteiger partial charge in [-0.1, -0.05) is 20.3 Å². The third-order valence-corrected chi connectivity index (χ3v) is 3.82. The molecule has 1 N–H and O–H groups in total. The molecule has 7 heteroatoms. The average molecular weight is 294 g/mol. The maximum Gasteiger partial charge on any atom is 0.250 e. The van der Waals surface area contributed by atoms with Crippen molar-refractivity contribution in [1.29, 1.82) is 0 Å². The summed E-state index contributed by atoms with van der Waals surface area (Å²) in [4.78, 5) is 25.9. The summed E-state index contributed by atoms with van der Waals surface area (Å²) in [5.74, 6) is -0.104. The first-order valence-corrected chi connectivity index (χ1v) is 7.19. The summed E-state index contributed by atoms with van der Waals surface area (Å²) < 4.78 is 6.70. The lowest BCUT2D eigenvalue weighted by molar-refractivity contribution is -0.132. The van der Waals surface area contributed by atoms with Crippen LogP contribution in [0, 0.1) is 5.92 Å². The standard InChI is InChI=1S/C14H22N4O3/c1-4-10(2)13-14(20)18(9-12(19)16-13)11-7-15-17(8-11)5-6-21-3/h7-8,10,13H,4-6,9H2,1-3H3,(H,16,19). The minimum absolute atomic E-state index is 0.0434. The van der Waals surface area contributed by atoms with Gasteiger partial charge in [0.1, 0.15) is 12.6 Å². The molecule has 2 rings (SSSR count). The summed E-state index contributed by atoms with van der Waals surface area (Å²) >= 11 is 0. The van der Waals surface area contributed by atoms with E-state index in [1.165, 1.54) is 4.90 Å². The van der Waals surface area contributed by atoms with Crippen LogP contribution in [-0.2, 0) is 20.9 Å². The molecular weight excluding hydrogens is 272 g/mol. The molecule has 1 aromatic rings. The second kappa shape index (κ2) is 6.71. The van der Waals surface area contributed by atoms with Gasteiger partial charge in [-0.25, -0.2) is 0 Å². The van der Waals surface area contributed by atoms with Gasteiger partial charge in [-0.15, -0.1) is 0 Å². The number of nitrogens with one attached hydrogen (secondary N) is 1. The van der Waals surface area contributed by atoms with Crippen LogP contribution >= 0.6 is 0 Å². The maximum absolute atomic E-state index is 12.5. The van der Waals surface area contributed by atoms with Crippen molar-refractivity contribution in [3.05, 3.63) is 12.4 Å². The zero-order valence-electron chi connectivity index (χ0n) is 12.7.